The molecule has 0 aliphatic carbocycles. The van der Waals surface area contributed by atoms with Crippen LogP contribution in [0.4, 0.5) is 0 Å². The molecule has 0 fully saturated rings. The lowest BCUT2D eigenvalue weighted by molar-refractivity contribution is 0.101. The molecule has 0 amide bonds. The molecule has 1 aromatic rings. The van der Waals surface area contributed by atoms with E-state index in [1.165, 1.54) is 6.92 Å². The lowest BCUT2D eigenvalue weighted by Crippen LogP contribution is -2.05. The lowest BCUT2D eigenvalue weighted by Gasteiger charge is -2.10. The van der Waals surface area contributed by atoms with E-state index in [4.69, 9.17) is 14.2 Å². The van der Waals surface area contributed by atoms with Gasteiger partial charge in [0.25, 0.3) is 0 Å². The molecular weight excluding hydrogens is 208 g/mol. The van der Waals surface area contributed by atoms with Crippen LogP contribution < -0.4 is 9.47 Å². The molecule has 0 heterocycles. The zero-order valence-electron chi connectivity index (χ0n) is 9.78. The molecule has 0 N–H and O–H groups in total. The maximum atomic E-state index is 11.2. The monoisotopic (exact) mass is 224 g/mol. The summed E-state index contributed by atoms with van der Waals surface area (Å²) in [7, 11) is 3.15. The van der Waals surface area contributed by atoms with Crippen LogP contribution in [-0.4, -0.2) is 33.2 Å². The van der Waals surface area contributed by atoms with E-state index in [0.717, 1.165) is 0 Å². The van der Waals surface area contributed by atoms with E-state index >= 15 is 0 Å². The van der Waals surface area contributed by atoms with E-state index < -0.39 is 0 Å². The van der Waals surface area contributed by atoms with E-state index in [9.17, 15) is 4.79 Å². The van der Waals surface area contributed by atoms with Crippen LogP contribution in [0.2, 0.25) is 0 Å². The fraction of sp³-hybridized carbons (Fsp3) is 0.417. The number of carbonyl (C=O) groups is 1. The molecule has 0 aliphatic heterocycles. The van der Waals surface area contributed by atoms with Crippen molar-refractivity contribution < 1.29 is 19.0 Å². The Kier molecular flexibility index (Phi) is 4.79. The van der Waals surface area contributed by atoms with Crippen molar-refractivity contribution in [3.8, 4) is 11.5 Å². The van der Waals surface area contributed by atoms with Gasteiger partial charge in [-0.3, -0.25) is 4.79 Å². The largest absolute Gasteiger partial charge is 0.493 e. The van der Waals surface area contributed by atoms with Gasteiger partial charge in [0.05, 0.1) is 13.7 Å². The first-order valence-electron chi connectivity index (χ1n) is 4.99. The number of benzene rings is 1. The predicted octanol–water partition coefficient (Wildman–Crippen LogP) is 1.92. The fourth-order valence-corrected chi connectivity index (χ4v) is 1.24. The molecule has 0 bridgehead atoms. The van der Waals surface area contributed by atoms with Crippen molar-refractivity contribution in [2.24, 2.45) is 0 Å². The minimum Gasteiger partial charge on any atom is -0.493 e. The van der Waals surface area contributed by atoms with Crippen molar-refractivity contribution in [3.05, 3.63) is 23.8 Å². The van der Waals surface area contributed by atoms with Gasteiger partial charge in [0.15, 0.2) is 17.3 Å². The Morgan fingerprint density at radius 1 is 1.19 bits per heavy atom. The molecular formula is C12H16O4. The highest BCUT2D eigenvalue weighted by atomic mass is 16.5. The lowest BCUT2D eigenvalue weighted by atomic mass is 10.1. The van der Waals surface area contributed by atoms with E-state index in [-0.39, 0.29) is 5.78 Å². The number of ether oxygens (including phenoxy) is 3. The van der Waals surface area contributed by atoms with Gasteiger partial charge in [0.2, 0.25) is 0 Å². The molecule has 1 rings (SSSR count). The summed E-state index contributed by atoms with van der Waals surface area (Å²) in [5.41, 5.74) is 0.607. The van der Waals surface area contributed by atoms with E-state index in [0.29, 0.717) is 30.3 Å². The highest BCUT2D eigenvalue weighted by Crippen LogP contribution is 2.28. The molecule has 4 heteroatoms. The Balaban J connectivity index is 2.80. The number of Topliss-reactive ketones (excluding diaryl/α,β-unsaturated/α-hetero) is 1. The van der Waals surface area contributed by atoms with Gasteiger partial charge >= 0.3 is 0 Å². The standard InChI is InChI=1S/C12H16O4/c1-9(13)10-4-5-11(12(8-10)15-3)16-7-6-14-2/h4-5,8H,6-7H2,1-3H3. The van der Waals surface area contributed by atoms with Gasteiger partial charge in [-0.15, -0.1) is 0 Å². The average molecular weight is 224 g/mol. The third-order valence-electron chi connectivity index (χ3n) is 2.12. The third kappa shape index (κ3) is 3.24. The van der Waals surface area contributed by atoms with Crippen LogP contribution in [0, 0.1) is 0 Å². The summed E-state index contributed by atoms with van der Waals surface area (Å²) in [5.74, 6) is 1.18. The first kappa shape index (κ1) is 12.5. The molecule has 0 saturated heterocycles. The number of rotatable bonds is 6. The minimum atomic E-state index is 0.00161. The number of hydrogen-bond donors (Lipinski definition) is 0. The Morgan fingerprint density at radius 3 is 2.50 bits per heavy atom. The fourth-order valence-electron chi connectivity index (χ4n) is 1.24. The SMILES string of the molecule is COCCOc1ccc(C(C)=O)cc1OC. The first-order chi connectivity index (χ1) is 7.69. The van der Waals surface area contributed by atoms with Crippen LogP contribution in [-0.2, 0) is 4.74 Å². The normalized spacial score (nSPS) is 9.94. The molecule has 1 aromatic carbocycles. The average Bonchev–Trinajstić information content (AvgIpc) is 2.29. The molecule has 0 unspecified atom stereocenters. The summed E-state index contributed by atoms with van der Waals surface area (Å²) >= 11 is 0. The molecule has 0 aromatic heterocycles. The number of carbonyl (C=O) groups excluding carboxylic acids is 1. The smallest absolute Gasteiger partial charge is 0.161 e. The highest BCUT2D eigenvalue weighted by molar-refractivity contribution is 5.94. The van der Waals surface area contributed by atoms with Crippen molar-refractivity contribution in [2.75, 3.05) is 27.4 Å². The van der Waals surface area contributed by atoms with E-state index in [1.54, 1.807) is 32.4 Å². The predicted molar refractivity (Wildman–Crippen MR) is 60.4 cm³/mol. The Labute approximate surface area is 95.1 Å². The van der Waals surface area contributed by atoms with Crippen LogP contribution in [0.15, 0.2) is 18.2 Å². The highest BCUT2D eigenvalue weighted by Gasteiger charge is 2.07. The molecule has 16 heavy (non-hydrogen) atoms. The molecule has 0 aliphatic rings. The summed E-state index contributed by atoms with van der Waals surface area (Å²) in [4.78, 5) is 11.2. The summed E-state index contributed by atoms with van der Waals surface area (Å²) < 4.78 is 15.5. The van der Waals surface area contributed by atoms with Crippen molar-refractivity contribution in [1.82, 2.24) is 0 Å². The zero-order valence-corrected chi connectivity index (χ0v) is 9.78. The molecule has 0 atom stereocenters. The van der Waals surface area contributed by atoms with Crippen molar-refractivity contribution in [2.45, 2.75) is 6.92 Å². The van der Waals surface area contributed by atoms with Gasteiger partial charge in [0.1, 0.15) is 6.61 Å². The minimum absolute atomic E-state index is 0.00161. The summed E-state index contributed by atoms with van der Waals surface area (Å²) in [5, 5.41) is 0. The number of methoxy groups -OCH3 is 2. The number of hydrogen-bond acceptors (Lipinski definition) is 4. The van der Waals surface area contributed by atoms with Crippen molar-refractivity contribution in [3.63, 3.8) is 0 Å². The quantitative estimate of drug-likeness (QED) is 0.547. The topological polar surface area (TPSA) is 44.8 Å². The molecule has 0 radical (unpaired) electrons. The maximum Gasteiger partial charge on any atom is 0.161 e. The Morgan fingerprint density at radius 2 is 1.94 bits per heavy atom. The van der Waals surface area contributed by atoms with Crippen LogP contribution in [0.25, 0.3) is 0 Å². The second-order valence-corrected chi connectivity index (χ2v) is 3.26. The van der Waals surface area contributed by atoms with Crippen molar-refractivity contribution in [1.29, 1.82) is 0 Å². The van der Waals surface area contributed by atoms with E-state index in [2.05, 4.69) is 0 Å². The van der Waals surface area contributed by atoms with Crippen molar-refractivity contribution >= 4 is 5.78 Å². The maximum absolute atomic E-state index is 11.2. The summed E-state index contributed by atoms with van der Waals surface area (Å²) in [6, 6.07) is 5.11. The summed E-state index contributed by atoms with van der Waals surface area (Å²) in [6.07, 6.45) is 0. The second-order valence-electron chi connectivity index (χ2n) is 3.26. The molecule has 0 spiro atoms. The van der Waals surface area contributed by atoms with Gasteiger partial charge in [-0.2, -0.15) is 0 Å². The Hall–Kier alpha value is -1.55. The van der Waals surface area contributed by atoms with Crippen LogP contribution in [0.5, 0.6) is 11.5 Å². The van der Waals surface area contributed by atoms with Gasteiger partial charge in [-0.25, -0.2) is 0 Å². The Bertz CT molecular complexity index is 360. The van der Waals surface area contributed by atoms with Gasteiger partial charge in [-0.05, 0) is 25.1 Å². The van der Waals surface area contributed by atoms with E-state index in [1.807, 2.05) is 0 Å². The third-order valence-corrected chi connectivity index (χ3v) is 2.12. The van der Waals surface area contributed by atoms with Gasteiger partial charge < -0.3 is 14.2 Å². The van der Waals surface area contributed by atoms with Gasteiger partial charge in [0, 0.05) is 12.7 Å². The van der Waals surface area contributed by atoms with Gasteiger partial charge in [-0.1, -0.05) is 0 Å². The van der Waals surface area contributed by atoms with Crippen LogP contribution >= 0.6 is 0 Å². The molecule has 88 valence electrons. The summed E-state index contributed by atoms with van der Waals surface area (Å²) in [6.45, 7) is 2.48. The number of ketones is 1. The van der Waals surface area contributed by atoms with Crippen LogP contribution in [0.1, 0.15) is 17.3 Å². The molecule has 4 nitrogen and oxygen atoms in total. The first-order valence-corrected chi connectivity index (χ1v) is 4.99. The zero-order chi connectivity index (χ0) is 12.0. The van der Waals surface area contributed by atoms with Crippen LogP contribution in [0.3, 0.4) is 0 Å². The second kappa shape index (κ2) is 6.12. The molecule has 0 saturated carbocycles.